The highest BCUT2D eigenvalue weighted by Gasteiger charge is 2.00. The predicted molar refractivity (Wildman–Crippen MR) is 73.7 cm³/mol. The standard InChI is InChI=1S/C14H24N2/c1-4-7-8-10-13(15)12-14(9-5-2)16-11-6-3/h4,8-11,13H,1,5-7,12,15H2,2-3H3/b10-8?,14-9-,16-11-. The lowest BCUT2D eigenvalue weighted by Crippen LogP contribution is -2.17. The fraction of sp³-hybridized carbons (Fsp3) is 0.500. The number of nitrogens with zero attached hydrogens (tertiary/aromatic N) is 1. The van der Waals surface area contributed by atoms with Gasteiger partial charge in [-0.25, -0.2) is 0 Å². The van der Waals surface area contributed by atoms with Gasteiger partial charge in [-0.15, -0.1) is 6.58 Å². The van der Waals surface area contributed by atoms with Crippen LogP contribution in [0.25, 0.3) is 0 Å². The van der Waals surface area contributed by atoms with Crippen LogP contribution in [-0.2, 0) is 0 Å². The maximum Gasteiger partial charge on any atom is 0.0378 e. The maximum absolute atomic E-state index is 5.98. The van der Waals surface area contributed by atoms with Crippen molar-refractivity contribution in [2.75, 3.05) is 0 Å². The summed E-state index contributed by atoms with van der Waals surface area (Å²) in [5, 5.41) is 0. The zero-order valence-corrected chi connectivity index (χ0v) is 10.5. The van der Waals surface area contributed by atoms with E-state index in [4.69, 9.17) is 5.73 Å². The summed E-state index contributed by atoms with van der Waals surface area (Å²) in [5.41, 5.74) is 7.06. The Morgan fingerprint density at radius 3 is 2.69 bits per heavy atom. The molecule has 0 spiro atoms. The topological polar surface area (TPSA) is 38.4 Å². The normalized spacial score (nSPS) is 14.8. The Hall–Kier alpha value is -1.15. The van der Waals surface area contributed by atoms with Gasteiger partial charge in [0.25, 0.3) is 0 Å². The number of hydrogen-bond donors (Lipinski definition) is 1. The van der Waals surface area contributed by atoms with E-state index in [9.17, 15) is 0 Å². The molecule has 0 aromatic heterocycles. The van der Waals surface area contributed by atoms with E-state index in [-0.39, 0.29) is 6.04 Å². The van der Waals surface area contributed by atoms with Gasteiger partial charge in [0.1, 0.15) is 0 Å². The molecule has 2 N–H and O–H groups in total. The molecule has 0 aliphatic carbocycles. The molecule has 0 saturated carbocycles. The fourth-order valence-corrected chi connectivity index (χ4v) is 1.29. The van der Waals surface area contributed by atoms with Crippen molar-refractivity contribution in [2.45, 2.75) is 45.6 Å². The lowest BCUT2D eigenvalue weighted by Gasteiger charge is -2.06. The van der Waals surface area contributed by atoms with Gasteiger partial charge in [-0.05, 0) is 19.3 Å². The first kappa shape index (κ1) is 14.8. The Bertz CT molecular complexity index is 262. The second-order valence-corrected chi connectivity index (χ2v) is 3.64. The third-order valence-corrected chi connectivity index (χ3v) is 2.01. The smallest absolute Gasteiger partial charge is 0.0378 e. The second-order valence-electron chi connectivity index (χ2n) is 3.64. The van der Waals surface area contributed by atoms with E-state index in [1.807, 2.05) is 24.4 Å². The van der Waals surface area contributed by atoms with Crippen molar-refractivity contribution in [3.8, 4) is 0 Å². The van der Waals surface area contributed by atoms with Crippen molar-refractivity contribution in [2.24, 2.45) is 10.7 Å². The summed E-state index contributed by atoms with van der Waals surface area (Å²) >= 11 is 0. The van der Waals surface area contributed by atoms with Crippen LogP contribution >= 0.6 is 0 Å². The molecule has 2 nitrogen and oxygen atoms in total. The van der Waals surface area contributed by atoms with Gasteiger partial charge in [0.2, 0.25) is 0 Å². The Morgan fingerprint density at radius 1 is 1.38 bits per heavy atom. The molecule has 0 radical (unpaired) electrons. The monoisotopic (exact) mass is 220 g/mol. The summed E-state index contributed by atoms with van der Waals surface area (Å²) in [6.07, 6.45) is 13.6. The van der Waals surface area contributed by atoms with Crippen molar-refractivity contribution in [1.82, 2.24) is 0 Å². The highest BCUT2D eigenvalue weighted by molar-refractivity contribution is 5.58. The van der Waals surface area contributed by atoms with Crippen LogP contribution in [0.3, 0.4) is 0 Å². The number of nitrogens with two attached hydrogens (primary N) is 1. The van der Waals surface area contributed by atoms with E-state index in [0.717, 1.165) is 31.4 Å². The van der Waals surface area contributed by atoms with Crippen LogP contribution in [0.5, 0.6) is 0 Å². The minimum atomic E-state index is 0.0479. The van der Waals surface area contributed by atoms with E-state index in [2.05, 4.69) is 31.5 Å². The lowest BCUT2D eigenvalue weighted by atomic mass is 10.1. The molecule has 1 unspecified atom stereocenters. The zero-order chi connectivity index (χ0) is 12.2. The maximum atomic E-state index is 5.98. The van der Waals surface area contributed by atoms with E-state index < -0.39 is 0 Å². The Kier molecular flexibility index (Phi) is 9.63. The third kappa shape index (κ3) is 8.18. The van der Waals surface area contributed by atoms with Crippen molar-refractivity contribution < 1.29 is 0 Å². The molecule has 0 saturated heterocycles. The summed E-state index contributed by atoms with van der Waals surface area (Å²) < 4.78 is 0. The molecule has 16 heavy (non-hydrogen) atoms. The number of hydrogen-bond acceptors (Lipinski definition) is 2. The quantitative estimate of drug-likeness (QED) is 0.492. The van der Waals surface area contributed by atoms with Gasteiger partial charge in [0.15, 0.2) is 0 Å². The van der Waals surface area contributed by atoms with Crippen LogP contribution < -0.4 is 5.73 Å². The molecule has 0 aliphatic rings. The number of rotatable bonds is 8. The average Bonchev–Trinajstić information content (AvgIpc) is 2.26. The molecule has 0 aliphatic heterocycles. The molecule has 0 heterocycles. The van der Waals surface area contributed by atoms with Gasteiger partial charge in [-0.2, -0.15) is 0 Å². The fourth-order valence-electron chi connectivity index (χ4n) is 1.29. The van der Waals surface area contributed by atoms with Crippen LogP contribution in [0.1, 0.15) is 39.5 Å². The SMILES string of the molecule is C=CCC=CC(N)CC(=C/CC)/N=C\CC. The van der Waals surface area contributed by atoms with Crippen molar-refractivity contribution >= 4 is 6.21 Å². The molecule has 0 rings (SSSR count). The van der Waals surface area contributed by atoms with Crippen LogP contribution in [0.2, 0.25) is 0 Å². The summed E-state index contributed by atoms with van der Waals surface area (Å²) in [5.74, 6) is 0. The predicted octanol–water partition coefficient (Wildman–Crippen LogP) is 3.61. The van der Waals surface area contributed by atoms with Crippen LogP contribution in [0.4, 0.5) is 0 Å². The van der Waals surface area contributed by atoms with Gasteiger partial charge in [-0.3, -0.25) is 4.99 Å². The first-order valence-corrected chi connectivity index (χ1v) is 5.99. The van der Waals surface area contributed by atoms with E-state index in [1.165, 1.54) is 0 Å². The minimum Gasteiger partial charge on any atom is -0.324 e. The second kappa shape index (κ2) is 10.4. The molecule has 0 fully saturated rings. The molecular formula is C14H24N2. The van der Waals surface area contributed by atoms with Gasteiger partial charge in [-0.1, -0.05) is 38.2 Å². The van der Waals surface area contributed by atoms with E-state index in [1.54, 1.807) is 0 Å². The van der Waals surface area contributed by atoms with Gasteiger partial charge < -0.3 is 5.73 Å². The van der Waals surface area contributed by atoms with Crippen LogP contribution in [-0.4, -0.2) is 12.3 Å². The van der Waals surface area contributed by atoms with E-state index >= 15 is 0 Å². The highest BCUT2D eigenvalue weighted by atomic mass is 14.7. The van der Waals surface area contributed by atoms with Crippen molar-refractivity contribution in [3.05, 3.63) is 36.6 Å². The molecule has 0 bridgehead atoms. The number of aliphatic imine (C=N–C) groups is 1. The first-order valence-electron chi connectivity index (χ1n) is 5.99. The summed E-state index contributed by atoms with van der Waals surface area (Å²) in [7, 11) is 0. The first-order chi connectivity index (χ1) is 7.74. The van der Waals surface area contributed by atoms with E-state index in [0.29, 0.717) is 0 Å². The van der Waals surface area contributed by atoms with Crippen molar-refractivity contribution in [3.63, 3.8) is 0 Å². The molecule has 2 heteroatoms. The van der Waals surface area contributed by atoms with Crippen LogP contribution in [0, 0.1) is 0 Å². The molecule has 1 atom stereocenters. The van der Waals surface area contributed by atoms with Crippen LogP contribution in [0.15, 0.2) is 41.6 Å². The summed E-state index contributed by atoms with van der Waals surface area (Å²) in [6.45, 7) is 7.85. The Labute approximate surface area is 99.6 Å². The molecular weight excluding hydrogens is 196 g/mol. The lowest BCUT2D eigenvalue weighted by molar-refractivity contribution is 0.787. The highest BCUT2D eigenvalue weighted by Crippen LogP contribution is 2.08. The zero-order valence-electron chi connectivity index (χ0n) is 10.5. The third-order valence-electron chi connectivity index (χ3n) is 2.01. The summed E-state index contributed by atoms with van der Waals surface area (Å²) in [4.78, 5) is 4.40. The Morgan fingerprint density at radius 2 is 2.12 bits per heavy atom. The van der Waals surface area contributed by atoms with Gasteiger partial charge >= 0.3 is 0 Å². The molecule has 0 aromatic carbocycles. The van der Waals surface area contributed by atoms with Crippen molar-refractivity contribution in [1.29, 1.82) is 0 Å². The molecule has 0 amide bonds. The van der Waals surface area contributed by atoms with Gasteiger partial charge in [0.05, 0.1) is 0 Å². The summed E-state index contributed by atoms with van der Waals surface area (Å²) in [6, 6.07) is 0.0479. The minimum absolute atomic E-state index is 0.0479. The molecule has 90 valence electrons. The van der Waals surface area contributed by atoms with Gasteiger partial charge in [0, 0.05) is 24.4 Å². The Balaban J connectivity index is 4.23. The largest absolute Gasteiger partial charge is 0.324 e. The number of allylic oxidation sites excluding steroid dienone is 3. The average molecular weight is 220 g/mol. The molecule has 0 aromatic rings.